The Bertz CT molecular complexity index is 130. The molecular formula is C9H15N. The van der Waals surface area contributed by atoms with Crippen molar-refractivity contribution in [2.75, 3.05) is 0 Å². The van der Waals surface area contributed by atoms with Gasteiger partial charge in [-0.15, -0.1) is 0 Å². The molecule has 0 aromatic carbocycles. The quantitative estimate of drug-likeness (QED) is 0.546. The van der Waals surface area contributed by atoms with Crippen LogP contribution in [0.2, 0.25) is 0 Å². The van der Waals surface area contributed by atoms with E-state index in [1.54, 1.807) is 0 Å². The minimum atomic E-state index is 0.260. The van der Waals surface area contributed by atoms with Crippen LogP contribution in [0.15, 0.2) is 12.2 Å². The predicted octanol–water partition coefficient (Wildman–Crippen LogP) is 2.89. The second kappa shape index (κ2) is 6.35. The van der Waals surface area contributed by atoms with Gasteiger partial charge in [-0.1, -0.05) is 19.1 Å². The van der Waals surface area contributed by atoms with Gasteiger partial charge in [-0.25, -0.2) is 0 Å². The summed E-state index contributed by atoms with van der Waals surface area (Å²) in [5.41, 5.74) is 0. The summed E-state index contributed by atoms with van der Waals surface area (Å²) in [6.45, 7) is 4.07. The van der Waals surface area contributed by atoms with Gasteiger partial charge >= 0.3 is 0 Å². The first-order valence-corrected chi connectivity index (χ1v) is 3.85. The lowest BCUT2D eigenvalue weighted by molar-refractivity contribution is 0.591. The Hall–Kier alpha value is -0.770. The number of hydrogen-bond donors (Lipinski definition) is 0. The van der Waals surface area contributed by atoms with E-state index < -0.39 is 0 Å². The van der Waals surface area contributed by atoms with Crippen molar-refractivity contribution < 1.29 is 0 Å². The van der Waals surface area contributed by atoms with Crippen LogP contribution in [0.25, 0.3) is 0 Å². The number of allylic oxidation sites excluding steroid dienone is 2. The molecule has 0 rings (SSSR count). The van der Waals surface area contributed by atoms with E-state index in [0.29, 0.717) is 0 Å². The van der Waals surface area contributed by atoms with Crippen molar-refractivity contribution in [3.05, 3.63) is 12.2 Å². The van der Waals surface area contributed by atoms with Crippen molar-refractivity contribution in [3.63, 3.8) is 0 Å². The van der Waals surface area contributed by atoms with Gasteiger partial charge in [-0.05, 0) is 26.2 Å². The Labute approximate surface area is 63.4 Å². The minimum absolute atomic E-state index is 0.260. The Kier molecular flexibility index (Phi) is 5.86. The summed E-state index contributed by atoms with van der Waals surface area (Å²) in [4.78, 5) is 0. The number of hydrogen-bond acceptors (Lipinski definition) is 1. The van der Waals surface area contributed by atoms with Gasteiger partial charge in [0.05, 0.1) is 6.07 Å². The fourth-order valence-corrected chi connectivity index (χ4v) is 0.824. The fraction of sp³-hybridized carbons (Fsp3) is 0.667. The van der Waals surface area contributed by atoms with Crippen LogP contribution in [0.3, 0.4) is 0 Å². The molecule has 0 aliphatic carbocycles. The van der Waals surface area contributed by atoms with Crippen molar-refractivity contribution in [1.29, 1.82) is 5.26 Å². The third-order valence-corrected chi connectivity index (χ3v) is 1.59. The Morgan fingerprint density at radius 3 is 2.70 bits per heavy atom. The average molecular weight is 137 g/mol. The Balaban J connectivity index is 3.37. The standard InChI is InChI=1S/C9H15N/c1-3-5-6-7-9(4-2)8-10/h3,5,9H,4,6-7H2,1-2H3. The smallest absolute Gasteiger partial charge is 0.0655 e. The molecule has 0 N–H and O–H groups in total. The maximum Gasteiger partial charge on any atom is 0.0655 e. The lowest BCUT2D eigenvalue weighted by Crippen LogP contribution is -1.92. The van der Waals surface area contributed by atoms with Crippen LogP contribution in [0.1, 0.15) is 33.1 Å². The summed E-state index contributed by atoms with van der Waals surface area (Å²) < 4.78 is 0. The molecule has 1 atom stereocenters. The van der Waals surface area contributed by atoms with Gasteiger partial charge in [0.2, 0.25) is 0 Å². The number of nitrogens with zero attached hydrogens (tertiary/aromatic N) is 1. The zero-order valence-electron chi connectivity index (χ0n) is 6.80. The molecule has 0 radical (unpaired) electrons. The molecule has 56 valence electrons. The summed E-state index contributed by atoms with van der Waals surface area (Å²) in [7, 11) is 0. The molecule has 0 amide bonds. The third kappa shape index (κ3) is 4.14. The van der Waals surface area contributed by atoms with Gasteiger partial charge in [0.25, 0.3) is 0 Å². The normalized spacial score (nSPS) is 13.3. The molecule has 1 unspecified atom stereocenters. The highest BCUT2D eigenvalue weighted by atomic mass is 14.3. The van der Waals surface area contributed by atoms with Crippen molar-refractivity contribution in [1.82, 2.24) is 0 Å². The maximum absolute atomic E-state index is 8.55. The van der Waals surface area contributed by atoms with E-state index >= 15 is 0 Å². The number of rotatable bonds is 4. The molecule has 10 heavy (non-hydrogen) atoms. The van der Waals surface area contributed by atoms with Crippen LogP contribution in [-0.4, -0.2) is 0 Å². The zero-order valence-corrected chi connectivity index (χ0v) is 6.80. The highest BCUT2D eigenvalue weighted by Crippen LogP contribution is 2.09. The molecule has 0 spiro atoms. The second-order valence-corrected chi connectivity index (χ2v) is 2.38. The molecule has 0 fully saturated rings. The third-order valence-electron chi connectivity index (χ3n) is 1.59. The highest BCUT2D eigenvalue weighted by Gasteiger charge is 2.00. The molecule has 0 saturated carbocycles. The van der Waals surface area contributed by atoms with E-state index in [1.807, 2.05) is 13.0 Å². The molecule has 1 heteroatoms. The topological polar surface area (TPSA) is 23.8 Å². The maximum atomic E-state index is 8.55. The fourth-order valence-electron chi connectivity index (χ4n) is 0.824. The van der Waals surface area contributed by atoms with E-state index in [0.717, 1.165) is 19.3 Å². The minimum Gasteiger partial charge on any atom is -0.198 e. The molecule has 0 aliphatic rings. The summed E-state index contributed by atoms with van der Waals surface area (Å²) in [5.74, 6) is 0.260. The Morgan fingerprint density at radius 1 is 1.60 bits per heavy atom. The largest absolute Gasteiger partial charge is 0.198 e. The Morgan fingerprint density at radius 2 is 2.30 bits per heavy atom. The van der Waals surface area contributed by atoms with Crippen molar-refractivity contribution in [2.24, 2.45) is 5.92 Å². The lowest BCUT2D eigenvalue weighted by Gasteiger charge is -2.00. The van der Waals surface area contributed by atoms with Crippen LogP contribution >= 0.6 is 0 Å². The molecular weight excluding hydrogens is 122 g/mol. The predicted molar refractivity (Wildman–Crippen MR) is 43.4 cm³/mol. The second-order valence-electron chi connectivity index (χ2n) is 2.38. The van der Waals surface area contributed by atoms with Gasteiger partial charge in [-0.3, -0.25) is 0 Å². The monoisotopic (exact) mass is 137 g/mol. The number of nitriles is 1. The molecule has 0 aromatic rings. The molecule has 0 aromatic heterocycles. The van der Waals surface area contributed by atoms with Crippen LogP contribution in [-0.2, 0) is 0 Å². The summed E-state index contributed by atoms with van der Waals surface area (Å²) >= 11 is 0. The van der Waals surface area contributed by atoms with Gasteiger partial charge in [-0.2, -0.15) is 5.26 Å². The van der Waals surface area contributed by atoms with Gasteiger partial charge in [0, 0.05) is 5.92 Å². The van der Waals surface area contributed by atoms with Crippen LogP contribution in [0.4, 0.5) is 0 Å². The van der Waals surface area contributed by atoms with Gasteiger partial charge < -0.3 is 0 Å². The summed E-state index contributed by atoms with van der Waals surface area (Å²) in [6.07, 6.45) is 7.18. The first kappa shape index (κ1) is 9.23. The molecule has 1 nitrogen and oxygen atoms in total. The molecule has 0 bridgehead atoms. The van der Waals surface area contributed by atoms with Crippen molar-refractivity contribution in [2.45, 2.75) is 33.1 Å². The van der Waals surface area contributed by atoms with E-state index in [-0.39, 0.29) is 5.92 Å². The van der Waals surface area contributed by atoms with Crippen molar-refractivity contribution in [3.8, 4) is 6.07 Å². The molecule has 0 heterocycles. The first-order valence-electron chi connectivity index (χ1n) is 3.85. The van der Waals surface area contributed by atoms with Crippen molar-refractivity contribution >= 4 is 0 Å². The van der Waals surface area contributed by atoms with Crippen LogP contribution in [0.5, 0.6) is 0 Å². The van der Waals surface area contributed by atoms with E-state index in [4.69, 9.17) is 5.26 Å². The van der Waals surface area contributed by atoms with Crippen LogP contribution < -0.4 is 0 Å². The highest BCUT2D eigenvalue weighted by molar-refractivity contribution is 4.85. The molecule has 0 saturated heterocycles. The van der Waals surface area contributed by atoms with E-state index in [1.165, 1.54) is 0 Å². The summed E-state index contributed by atoms with van der Waals surface area (Å²) in [5, 5.41) is 8.55. The SMILES string of the molecule is CC=CCCC(C#N)CC. The summed E-state index contributed by atoms with van der Waals surface area (Å²) in [6, 6.07) is 2.28. The average Bonchev–Trinajstić information content (AvgIpc) is 1.99. The van der Waals surface area contributed by atoms with E-state index in [9.17, 15) is 0 Å². The van der Waals surface area contributed by atoms with Gasteiger partial charge in [0.15, 0.2) is 0 Å². The first-order chi connectivity index (χ1) is 4.85. The van der Waals surface area contributed by atoms with E-state index in [2.05, 4.69) is 19.1 Å². The zero-order chi connectivity index (χ0) is 7.82. The lowest BCUT2D eigenvalue weighted by atomic mass is 10.0. The molecule has 0 aliphatic heterocycles. The van der Waals surface area contributed by atoms with Gasteiger partial charge in [0.1, 0.15) is 0 Å². The van der Waals surface area contributed by atoms with Crippen LogP contribution in [0, 0.1) is 17.2 Å².